The van der Waals surface area contributed by atoms with Crippen LogP contribution in [0.5, 0.6) is 0 Å². The van der Waals surface area contributed by atoms with E-state index in [-0.39, 0.29) is 28.8 Å². The summed E-state index contributed by atoms with van der Waals surface area (Å²) in [6, 6.07) is 0. The monoisotopic (exact) mass is 604 g/mol. The van der Waals surface area contributed by atoms with Crippen molar-refractivity contribution in [2.45, 2.75) is 109 Å². The number of Topliss-reactive ketones (excluding diaryl/α,β-unsaturated/α-hetero) is 1. The number of esters is 1. The Kier molecular flexibility index (Phi) is 14.1. The number of rotatable bonds is 6. The van der Waals surface area contributed by atoms with Crippen LogP contribution in [-0.4, -0.2) is 83.1 Å². The summed E-state index contributed by atoms with van der Waals surface area (Å²) in [7, 11) is 1.41. The molecule has 0 saturated carbocycles. The van der Waals surface area contributed by atoms with Gasteiger partial charge in [0, 0.05) is 32.6 Å². The van der Waals surface area contributed by atoms with Gasteiger partial charge in [0.1, 0.15) is 17.0 Å². The van der Waals surface area contributed by atoms with Gasteiger partial charge in [-0.25, -0.2) is 9.59 Å². The minimum absolute atomic E-state index is 0.0504. The summed E-state index contributed by atoms with van der Waals surface area (Å²) in [5.41, 5.74) is -0.887. The van der Waals surface area contributed by atoms with Gasteiger partial charge in [0.25, 0.3) is 0 Å². The zero-order valence-electron chi connectivity index (χ0n) is 24.6. The Morgan fingerprint density at radius 2 is 1.18 bits per heavy atom. The minimum Gasteiger partial charge on any atom is -0.469 e. The summed E-state index contributed by atoms with van der Waals surface area (Å²) in [6.45, 7) is 15.7. The van der Waals surface area contributed by atoms with E-state index in [1.807, 2.05) is 41.5 Å². The van der Waals surface area contributed by atoms with Gasteiger partial charge in [-0.05, 0) is 98.8 Å². The maximum Gasteiger partial charge on any atom is 0.410 e. The zero-order valence-corrected chi connectivity index (χ0v) is 26.2. The first-order chi connectivity index (χ1) is 17.5. The molecule has 38 heavy (non-hydrogen) atoms. The van der Waals surface area contributed by atoms with E-state index in [1.54, 1.807) is 16.7 Å². The van der Waals surface area contributed by atoms with E-state index in [2.05, 4.69) is 20.7 Å². The Labute approximate surface area is 237 Å². The first-order valence-electron chi connectivity index (χ1n) is 13.7. The van der Waals surface area contributed by atoms with Gasteiger partial charge >= 0.3 is 18.2 Å². The Balaban J connectivity index is 0.000000380. The van der Waals surface area contributed by atoms with E-state index in [0.717, 1.165) is 51.6 Å². The molecule has 0 spiro atoms. The summed E-state index contributed by atoms with van der Waals surface area (Å²) in [5.74, 6) is 1.02. The molecule has 10 heteroatoms. The number of ketones is 1. The molecule has 0 aromatic rings. The highest BCUT2D eigenvalue weighted by molar-refractivity contribution is 9.10. The fourth-order valence-corrected chi connectivity index (χ4v) is 4.82. The van der Waals surface area contributed by atoms with Crippen molar-refractivity contribution in [1.82, 2.24) is 9.80 Å². The minimum atomic E-state index is -0.446. The van der Waals surface area contributed by atoms with Crippen LogP contribution < -0.4 is 0 Å². The molecule has 2 heterocycles. The van der Waals surface area contributed by atoms with Gasteiger partial charge in [0.05, 0.1) is 11.9 Å². The standard InChI is InChI=1S/C14H24BrNO3.C14H25NO4/c1-10(17)12(15)9-11-5-7-16(8-6-11)13(18)19-14(2,3)4;1-14(2,3)19-13(17)15-9-7-11(8-10-15)5-6-12(16)18-4/h11-12H,5-9H2,1-4H3;11H,5-10H2,1-4H3. The highest BCUT2D eigenvalue weighted by atomic mass is 79.9. The molecule has 0 N–H and O–H groups in total. The average molecular weight is 606 g/mol. The SMILES string of the molecule is CC(=O)C(Br)CC1CCN(C(=O)OC(C)(C)C)CC1.COC(=O)CCC1CCN(C(=O)OC(C)(C)C)CC1. The number of amides is 2. The normalized spacial score (nSPS) is 18.1. The Bertz CT molecular complexity index is 773. The number of methoxy groups -OCH3 is 1. The summed E-state index contributed by atoms with van der Waals surface area (Å²) in [6.07, 6.45) is 5.43. The summed E-state index contributed by atoms with van der Waals surface area (Å²) >= 11 is 3.41. The molecule has 9 nitrogen and oxygen atoms in total. The van der Waals surface area contributed by atoms with Crippen molar-refractivity contribution in [2.24, 2.45) is 11.8 Å². The number of hydrogen-bond acceptors (Lipinski definition) is 7. The number of halogens is 1. The molecular weight excluding hydrogens is 556 g/mol. The van der Waals surface area contributed by atoms with Crippen LogP contribution in [0.15, 0.2) is 0 Å². The molecule has 0 aromatic heterocycles. The summed E-state index contributed by atoms with van der Waals surface area (Å²) in [5, 5.41) is 0. The second-order valence-corrected chi connectivity index (χ2v) is 13.4. The molecule has 2 amide bonds. The predicted octanol–water partition coefficient (Wildman–Crippen LogP) is 5.96. The van der Waals surface area contributed by atoms with Crippen molar-refractivity contribution >= 4 is 39.9 Å². The molecule has 2 aliphatic rings. The van der Waals surface area contributed by atoms with Crippen LogP contribution in [0.3, 0.4) is 0 Å². The van der Waals surface area contributed by atoms with E-state index in [4.69, 9.17) is 9.47 Å². The molecule has 0 aliphatic carbocycles. The number of carbonyl (C=O) groups is 4. The van der Waals surface area contributed by atoms with E-state index in [9.17, 15) is 19.2 Å². The summed E-state index contributed by atoms with van der Waals surface area (Å²) < 4.78 is 15.3. The van der Waals surface area contributed by atoms with Gasteiger partial charge < -0.3 is 24.0 Å². The smallest absolute Gasteiger partial charge is 0.410 e. The third kappa shape index (κ3) is 14.4. The van der Waals surface area contributed by atoms with Crippen molar-refractivity contribution in [3.63, 3.8) is 0 Å². The molecule has 2 fully saturated rings. The van der Waals surface area contributed by atoms with E-state index >= 15 is 0 Å². The average Bonchev–Trinajstić information content (AvgIpc) is 2.81. The topological polar surface area (TPSA) is 102 Å². The third-order valence-corrected chi connectivity index (χ3v) is 7.52. The van der Waals surface area contributed by atoms with Gasteiger partial charge in [-0.1, -0.05) is 15.9 Å². The number of ether oxygens (including phenoxy) is 3. The molecule has 2 rings (SSSR count). The predicted molar refractivity (Wildman–Crippen MR) is 150 cm³/mol. The lowest BCUT2D eigenvalue weighted by atomic mass is 9.91. The van der Waals surface area contributed by atoms with Crippen LogP contribution in [-0.2, 0) is 23.8 Å². The van der Waals surface area contributed by atoms with Gasteiger partial charge in [-0.3, -0.25) is 9.59 Å². The van der Waals surface area contributed by atoms with E-state index < -0.39 is 11.2 Å². The highest BCUT2D eigenvalue weighted by Gasteiger charge is 2.29. The third-order valence-electron chi connectivity index (χ3n) is 6.50. The maximum atomic E-state index is 11.9. The molecule has 0 aromatic carbocycles. The van der Waals surface area contributed by atoms with Crippen molar-refractivity contribution in [2.75, 3.05) is 33.3 Å². The molecular formula is C28H49BrN2O7. The lowest BCUT2D eigenvalue weighted by Crippen LogP contribution is -2.42. The number of hydrogen-bond donors (Lipinski definition) is 0. The number of piperidine rings is 2. The lowest BCUT2D eigenvalue weighted by Gasteiger charge is -2.33. The fraction of sp³-hybridized carbons (Fsp3) is 0.857. The van der Waals surface area contributed by atoms with Crippen LogP contribution in [0, 0.1) is 11.8 Å². The van der Waals surface area contributed by atoms with Gasteiger partial charge in [-0.15, -0.1) is 0 Å². The first kappa shape index (κ1) is 34.2. The van der Waals surface area contributed by atoms with Crippen LogP contribution in [0.4, 0.5) is 9.59 Å². The van der Waals surface area contributed by atoms with Crippen LogP contribution in [0.2, 0.25) is 0 Å². The molecule has 0 bridgehead atoms. The van der Waals surface area contributed by atoms with Crippen molar-refractivity contribution < 1.29 is 33.4 Å². The molecule has 220 valence electrons. The number of alkyl halides is 1. The molecule has 2 saturated heterocycles. The highest BCUT2D eigenvalue weighted by Crippen LogP contribution is 2.26. The van der Waals surface area contributed by atoms with Crippen molar-refractivity contribution in [3.8, 4) is 0 Å². The van der Waals surface area contributed by atoms with Gasteiger partial charge in [-0.2, -0.15) is 0 Å². The molecule has 1 unspecified atom stereocenters. The van der Waals surface area contributed by atoms with Crippen LogP contribution in [0.1, 0.15) is 93.4 Å². The van der Waals surface area contributed by atoms with Gasteiger partial charge in [0.15, 0.2) is 0 Å². The molecule has 2 aliphatic heterocycles. The van der Waals surface area contributed by atoms with E-state index in [1.165, 1.54) is 7.11 Å². The largest absolute Gasteiger partial charge is 0.469 e. The second kappa shape index (κ2) is 15.7. The number of likely N-dealkylation sites (tertiary alicyclic amines) is 2. The summed E-state index contributed by atoms with van der Waals surface area (Å²) in [4.78, 5) is 49.5. The van der Waals surface area contributed by atoms with E-state index in [0.29, 0.717) is 31.3 Å². The quantitative estimate of drug-likeness (QED) is 0.209. The lowest BCUT2D eigenvalue weighted by molar-refractivity contribution is -0.141. The van der Waals surface area contributed by atoms with Crippen LogP contribution >= 0.6 is 15.9 Å². The van der Waals surface area contributed by atoms with Crippen LogP contribution in [0.25, 0.3) is 0 Å². The number of carbonyl (C=O) groups excluding carboxylic acids is 4. The Morgan fingerprint density at radius 3 is 1.53 bits per heavy atom. The van der Waals surface area contributed by atoms with Crippen molar-refractivity contribution in [3.05, 3.63) is 0 Å². The zero-order chi connectivity index (χ0) is 29.1. The number of nitrogens with zero attached hydrogens (tertiary/aromatic N) is 2. The second-order valence-electron chi connectivity index (χ2n) is 12.3. The van der Waals surface area contributed by atoms with Gasteiger partial charge in [0.2, 0.25) is 0 Å². The maximum absolute atomic E-state index is 11.9. The molecule has 0 radical (unpaired) electrons. The Morgan fingerprint density at radius 1 is 0.789 bits per heavy atom. The Hall–Kier alpha value is -1.84. The molecule has 1 atom stereocenters. The first-order valence-corrected chi connectivity index (χ1v) is 14.6. The fourth-order valence-electron chi connectivity index (χ4n) is 4.29. The van der Waals surface area contributed by atoms with Crippen molar-refractivity contribution in [1.29, 1.82) is 0 Å².